The second-order valence-electron chi connectivity index (χ2n) is 3.76. The zero-order chi connectivity index (χ0) is 11.7. The SMILES string of the molecule is CCNC(=O)n1nnc2cc(C)c(C)cc21. The van der Waals surface area contributed by atoms with Crippen molar-refractivity contribution in [2.24, 2.45) is 0 Å². The van der Waals surface area contributed by atoms with Gasteiger partial charge in [0.15, 0.2) is 0 Å². The molecule has 84 valence electrons. The monoisotopic (exact) mass is 218 g/mol. The van der Waals surface area contributed by atoms with Gasteiger partial charge in [-0.2, -0.15) is 4.68 Å². The van der Waals surface area contributed by atoms with E-state index in [0.717, 1.165) is 22.2 Å². The molecule has 0 unspecified atom stereocenters. The Kier molecular flexibility index (Phi) is 2.60. The Hall–Kier alpha value is -1.91. The first kappa shape index (κ1) is 10.6. The fourth-order valence-electron chi connectivity index (χ4n) is 1.55. The van der Waals surface area contributed by atoms with Gasteiger partial charge < -0.3 is 5.32 Å². The van der Waals surface area contributed by atoms with Crippen molar-refractivity contribution in [1.82, 2.24) is 20.3 Å². The lowest BCUT2D eigenvalue weighted by atomic mass is 10.1. The number of hydrogen-bond acceptors (Lipinski definition) is 3. The Bertz CT molecular complexity index is 544. The molecule has 0 aliphatic carbocycles. The Morgan fingerprint density at radius 2 is 2.06 bits per heavy atom. The summed E-state index contributed by atoms with van der Waals surface area (Å²) in [5.74, 6) is 0. The number of carbonyl (C=O) groups is 1. The molecule has 0 saturated heterocycles. The minimum atomic E-state index is -0.242. The number of nitrogens with zero attached hydrogens (tertiary/aromatic N) is 3. The van der Waals surface area contributed by atoms with Crippen LogP contribution in [0.15, 0.2) is 12.1 Å². The molecule has 2 aromatic rings. The smallest absolute Gasteiger partial charge is 0.336 e. The van der Waals surface area contributed by atoms with Crippen LogP contribution in [0.25, 0.3) is 11.0 Å². The van der Waals surface area contributed by atoms with E-state index in [0.29, 0.717) is 6.54 Å². The third kappa shape index (κ3) is 1.64. The quantitative estimate of drug-likeness (QED) is 0.791. The van der Waals surface area contributed by atoms with E-state index in [1.54, 1.807) is 0 Å². The van der Waals surface area contributed by atoms with Crippen molar-refractivity contribution in [3.8, 4) is 0 Å². The van der Waals surface area contributed by atoms with Gasteiger partial charge in [0.2, 0.25) is 0 Å². The summed E-state index contributed by atoms with van der Waals surface area (Å²) in [7, 11) is 0. The standard InChI is InChI=1S/C11H14N4O/c1-4-12-11(16)15-10-6-8(3)7(2)5-9(10)13-14-15/h5-6H,4H2,1-3H3,(H,12,16). The van der Waals surface area contributed by atoms with Crippen LogP contribution in [0.3, 0.4) is 0 Å². The highest BCUT2D eigenvalue weighted by Crippen LogP contribution is 2.16. The number of hydrogen-bond donors (Lipinski definition) is 1. The van der Waals surface area contributed by atoms with E-state index in [1.165, 1.54) is 4.68 Å². The Morgan fingerprint density at radius 1 is 1.38 bits per heavy atom. The molecule has 0 radical (unpaired) electrons. The van der Waals surface area contributed by atoms with Gasteiger partial charge in [0.05, 0.1) is 5.52 Å². The number of carbonyl (C=O) groups excluding carboxylic acids is 1. The Morgan fingerprint density at radius 3 is 2.75 bits per heavy atom. The molecule has 1 aromatic carbocycles. The van der Waals surface area contributed by atoms with Crippen LogP contribution in [0.5, 0.6) is 0 Å². The first-order chi connectivity index (χ1) is 7.63. The van der Waals surface area contributed by atoms with Crippen LogP contribution in [0.1, 0.15) is 18.1 Å². The minimum Gasteiger partial charge on any atom is -0.336 e. The van der Waals surface area contributed by atoms with Crippen LogP contribution in [-0.4, -0.2) is 27.6 Å². The number of rotatable bonds is 1. The van der Waals surface area contributed by atoms with Crippen LogP contribution >= 0.6 is 0 Å². The van der Waals surface area contributed by atoms with Crippen LogP contribution in [0.2, 0.25) is 0 Å². The normalized spacial score (nSPS) is 10.7. The summed E-state index contributed by atoms with van der Waals surface area (Å²) >= 11 is 0. The molecule has 1 aromatic heterocycles. The molecule has 0 saturated carbocycles. The van der Waals surface area contributed by atoms with E-state index in [-0.39, 0.29) is 6.03 Å². The highest BCUT2D eigenvalue weighted by molar-refractivity contribution is 5.88. The van der Waals surface area contributed by atoms with Gasteiger partial charge in [0.1, 0.15) is 5.52 Å². The van der Waals surface area contributed by atoms with E-state index in [2.05, 4.69) is 15.6 Å². The Balaban J connectivity index is 2.56. The zero-order valence-corrected chi connectivity index (χ0v) is 9.61. The molecule has 0 spiro atoms. The van der Waals surface area contributed by atoms with Gasteiger partial charge in [0.25, 0.3) is 0 Å². The molecule has 1 N–H and O–H groups in total. The lowest BCUT2D eigenvalue weighted by Crippen LogP contribution is -2.28. The van der Waals surface area contributed by atoms with Crippen molar-refractivity contribution in [1.29, 1.82) is 0 Å². The van der Waals surface area contributed by atoms with Gasteiger partial charge in [-0.3, -0.25) is 0 Å². The van der Waals surface area contributed by atoms with Crippen molar-refractivity contribution in [2.45, 2.75) is 20.8 Å². The summed E-state index contributed by atoms with van der Waals surface area (Å²) in [4.78, 5) is 11.7. The highest BCUT2D eigenvalue weighted by Gasteiger charge is 2.11. The van der Waals surface area contributed by atoms with Crippen LogP contribution in [0, 0.1) is 13.8 Å². The third-order valence-corrected chi connectivity index (χ3v) is 2.58. The number of aromatic nitrogens is 3. The van der Waals surface area contributed by atoms with E-state index < -0.39 is 0 Å². The summed E-state index contributed by atoms with van der Waals surface area (Å²) in [6.07, 6.45) is 0. The first-order valence-corrected chi connectivity index (χ1v) is 5.24. The first-order valence-electron chi connectivity index (χ1n) is 5.24. The van der Waals surface area contributed by atoms with Crippen molar-refractivity contribution in [2.75, 3.05) is 6.54 Å². The Labute approximate surface area is 93.4 Å². The molecule has 0 bridgehead atoms. The molecule has 2 rings (SSSR count). The maximum Gasteiger partial charge on any atom is 0.344 e. The number of fused-ring (bicyclic) bond motifs is 1. The number of amides is 1. The molecule has 1 heterocycles. The van der Waals surface area contributed by atoms with E-state index >= 15 is 0 Å². The summed E-state index contributed by atoms with van der Waals surface area (Å²) < 4.78 is 1.30. The van der Waals surface area contributed by atoms with Gasteiger partial charge in [-0.15, -0.1) is 5.10 Å². The van der Waals surface area contributed by atoms with Crippen LogP contribution in [0.4, 0.5) is 4.79 Å². The maximum atomic E-state index is 11.7. The molecule has 1 amide bonds. The molecule has 16 heavy (non-hydrogen) atoms. The van der Waals surface area contributed by atoms with Crippen LogP contribution in [-0.2, 0) is 0 Å². The summed E-state index contributed by atoms with van der Waals surface area (Å²) in [5.41, 5.74) is 3.76. The summed E-state index contributed by atoms with van der Waals surface area (Å²) in [6, 6.07) is 3.63. The molecular formula is C11H14N4O. The molecule has 5 nitrogen and oxygen atoms in total. The molecule has 0 aliphatic rings. The fraction of sp³-hybridized carbons (Fsp3) is 0.364. The van der Waals surface area contributed by atoms with Gasteiger partial charge in [-0.05, 0) is 44.0 Å². The number of nitrogens with one attached hydrogen (secondary N) is 1. The summed E-state index contributed by atoms with van der Waals surface area (Å²) in [5, 5.41) is 10.5. The fourth-order valence-corrected chi connectivity index (χ4v) is 1.55. The predicted molar refractivity (Wildman–Crippen MR) is 61.5 cm³/mol. The largest absolute Gasteiger partial charge is 0.344 e. The summed E-state index contributed by atoms with van der Waals surface area (Å²) in [6.45, 7) is 6.46. The zero-order valence-electron chi connectivity index (χ0n) is 9.61. The number of benzene rings is 1. The van der Waals surface area contributed by atoms with Crippen molar-refractivity contribution in [3.63, 3.8) is 0 Å². The van der Waals surface area contributed by atoms with E-state index in [4.69, 9.17) is 0 Å². The van der Waals surface area contributed by atoms with Gasteiger partial charge in [-0.25, -0.2) is 4.79 Å². The average Bonchev–Trinajstić information content (AvgIpc) is 2.62. The predicted octanol–water partition coefficient (Wildman–Crippen LogP) is 1.63. The van der Waals surface area contributed by atoms with Crippen molar-refractivity contribution in [3.05, 3.63) is 23.3 Å². The second kappa shape index (κ2) is 3.92. The van der Waals surface area contributed by atoms with Crippen molar-refractivity contribution >= 4 is 17.1 Å². The van der Waals surface area contributed by atoms with Crippen LogP contribution < -0.4 is 5.32 Å². The van der Waals surface area contributed by atoms with E-state index in [1.807, 2.05) is 32.9 Å². The second-order valence-corrected chi connectivity index (χ2v) is 3.76. The molecule has 0 aliphatic heterocycles. The third-order valence-electron chi connectivity index (χ3n) is 2.58. The van der Waals surface area contributed by atoms with Crippen molar-refractivity contribution < 1.29 is 4.79 Å². The molecule has 0 fully saturated rings. The minimum absolute atomic E-state index is 0.242. The van der Waals surface area contributed by atoms with Gasteiger partial charge >= 0.3 is 6.03 Å². The average molecular weight is 218 g/mol. The topological polar surface area (TPSA) is 59.8 Å². The van der Waals surface area contributed by atoms with Gasteiger partial charge in [0, 0.05) is 6.54 Å². The van der Waals surface area contributed by atoms with Gasteiger partial charge in [-0.1, -0.05) is 5.21 Å². The lowest BCUT2D eigenvalue weighted by molar-refractivity contribution is 0.240. The number of aryl methyl sites for hydroxylation is 2. The maximum absolute atomic E-state index is 11.7. The lowest BCUT2D eigenvalue weighted by Gasteiger charge is -2.03. The van der Waals surface area contributed by atoms with E-state index in [9.17, 15) is 4.79 Å². The molecule has 5 heteroatoms. The highest BCUT2D eigenvalue weighted by atomic mass is 16.2. The molecular weight excluding hydrogens is 204 g/mol. The molecule has 0 atom stereocenters.